The molecule has 0 spiro atoms. The first-order chi connectivity index (χ1) is 9.31. The van der Waals surface area contributed by atoms with Crippen LogP contribution < -0.4 is 10.6 Å². The molecule has 1 aliphatic rings. The van der Waals surface area contributed by atoms with Crippen molar-refractivity contribution in [1.29, 1.82) is 0 Å². The van der Waals surface area contributed by atoms with Crippen LogP contribution in [0.5, 0.6) is 0 Å². The molecule has 3 rings (SSSR count). The molecule has 4 heteroatoms. The van der Waals surface area contributed by atoms with E-state index in [9.17, 15) is 0 Å². The molecule has 4 nitrogen and oxygen atoms in total. The topological polar surface area (TPSA) is 49.8 Å². The van der Waals surface area contributed by atoms with Crippen LogP contribution in [0, 0.1) is 6.92 Å². The van der Waals surface area contributed by atoms with E-state index >= 15 is 0 Å². The van der Waals surface area contributed by atoms with Crippen LogP contribution in [-0.4, -0.2) is 23.1 Å². The number of nitrogens with one attached hydrogen (secondary N) is 2. The molecule has 2 N–H and O–H groups in total. The fourth-order valence-electron chi connectivity index (χ4n) is 2.25. The molecule has 2 heterocycles. The second-order valence-corrected chi connectivity index (χ2v) is 4.91. The molecule has 0 saturated carbocycles. The maximum Gasteiger partial charge on any atom is 0.227 e. The van der Waals surface area contributed by atoms with Crippen molar-refractivity contribution < 1.29 is 0 Å². The van der Waals surface area contributed by atoms with Crippen molar-refractivity contribution >= 4 is 11.6 Å². The van der Waals surface area contributed by atoms with E-state index in [4.69, 9.17) is 0 Å². The number of benzene rings is 1. The minimum Gasteiger partial charge on any atom is -0.324 e. The van der Waals surface area contributed by atoms with Crippen LogP contribution in [0.4, 0.5) is 11.6 Å². The van der Waals surface area contributed by atoms with Gasteiger partial charge in [-0.2, -0.15) is 0 Å². The van der Waals surface area contributed by atoms with E-state index in [2.05, 4.69) is 39.7 Å². The number of hydrogen-bond acceptors (Lipinski definition) is 4. The van der Waals surface area contributed by atoms with Crippen LogP contribution in [0.25, 0.3) is 0 Å². The Morgan fingerprint density at radius 2 is 1.89 bits per heavy atom. The summed E-state index contributed by atoms with van der Waals surface area (Å²) < 4.78 is 0. The average Bonchev–Trinajstić information content (AvgIpc) is 2.66. The molecular formula is C15H18N4. The predicted molar refractivity (Wildman–Crippen MR) is 76.8 cm³/mol. The van der Waals surface area contributed by atoms with Gasteiger partial charge in [0.15, 0.2) is 0 Å². The summed E-state index contributed by atoms with van der Waals surface area (Å²) in [5, 5.41) is 6.64. The van der Waals surface area contributed by atoms with E-state index in [0.717, 1.165) is 37.3 Å². The Morgan fingerprint density at radius 3 is 2.74 bits per heavy atom. The first-order valence-corrected chi connectivity index (χ1v) is 6.70. The third-order valence-corrected chi connectivity index (χ3v) is 3.37. The van der Waals surface area contributed by atoms with Gasteiger partial charge in [0.25, 0.3) is 0 Å². The summed E-state index contributed by atoms with van der Waals surface area (Å²) in [6, 6.07) is 8.25. The largest absolute Gasteiger partial charge is 0.324 e. The van der Waals surface area contributed by atoms with Gasteiger partial charge in [-0.1, -0.05) is 17.7 Å². The Hall–Kier alpha value is -1.94. The smallest absolute Gasteiger partial charge is 0.227 e. The maximum atomic E-state index is 4.63. The maximum absolute atomic E-state index is 4.63. The molecular weight excluding hydrogens is 236 g/mol. The lowest BCUT2D eigenvalue weighted by atomic mass is 10.1. The molecule has 0 atom stereocenters. The number of aromatic nitrogens is 2. The Kier molecular flexibility index (Phi) is 3.42. The highest BCUT2D eigenvalue weighted by atomic mass is 15.1. The second kappa shape index (κ2) is 5.36. The molecule has 2 aromatic rings. The molecule has 0 fully saturated rings. The fraction of sp³-hybridized carbons (Fsp3) is 0.333. The number of rotatable bonds is 2. The summed E-state index contributed by atoms with van der Waals surface area (Å²) in [6.07, 6.45) is 3.94. The summed E-state index contributed by atoms with van der Waals surface area (Å²) in [4.78, 5) is 9.03. The first-order valence-electron chi connectivity index (χ1n) is 6.70. The van der Waals surface area contributed by atoms with Crippen molar-refractivity contribution in [3.05, 3.63) is 47.3 Å². The van der Waals surface area contributed by atoms with E-state index in [1.54, 1.807) is 0 Å². The number of aryl methyl sites for hydroxylation is 1. The van der Waals surface area contributed by atoms with Crippen molar-refractivity contribution in [1.82, 2.24) is 15.3 Å². The van der Waals surface area contributed by atoms with E-state index in [0.29, 0.717) is 5.95 Å². The van der Waals surface area contributed by atoms with Gasteiger partial charge in [0.05, 0.1) is 5.69 Å². The zero-order valence-corrected chi connectivity index (χ0v) is 11.1. The van der Waals surface area contributed by atoms with Gasteiger partial charge >= 0.3 is 0 Å². The van der Waals surface area contributed by atoms with Gasteiger partial charge in [0, 0.05) is 24.8 Å². The van der Waals surface area contributed by atoms with Gasteiger partial charge in [-0.25, -0.2) is 9.97 Å². The zero-order chi connectivity index (χ0) is 13.1. The molecule has 0 bridgehead atoms. The molecule has 0 unspecified atom stereocenters. The van der Waals surface area contributed by atoms with E-state index < -0.39 is 0 Å². The molecule has 0 radical (unpaired) electrons. The molecule has 1 aliphatic heterocycles. The van der Waals surface area contributed by atoms with Crippen LogP contribution in [0.2, 0.25) is 0 Å². The van der Waals surface area contributed by atoms with Crippen LogP contribution in [-0.2, 0) is 12.8 Å². The highest BCUT2D eigenvalue weighted by Gasteiger charge is 2.10. The Labute approximate surface area is 113 Å². The molecule has 0 saturated heterocycles. The molecule has 0 amide bonds. The normalized spacial score (nSPS) is 14.6. The Morgan fingerprint density at radius 1 is 1.11 bits per heavy atom. The number of anilines is 2. The lowest BCUT2D eigenvalue weighted by Gasteiger charge is -2.08. The Balaban J connectivity index is 1.81. The summed E-state index contributed by atoms with van der Waals surface area (Å²) in [6.45, 7) is 4.09. The van der Waals surface area contributed by atoms with Crippen LogP contribution in [0.3, 0.4) is 0 Å². The highest BCUT2D eigenvalue weighted by molar-refractivity contribution is 5.53. The van der Waals surface area contributed by atoms with E-state index in [-0.39, 0.29) is 0 Å². The van der Waals surface area contributed by atoms with Crippen molar-refractivity contribution in [2.45, 2.75) is 19.8 Å². The summed E-state index contributed by atoms with van der Waals surface area (Å²) >= 11 is 0. The standard InChI is InChI=1S/C15H18N4/c1-11-2-4-13(5-3-11)18-15-17-10-12-6-8-16-9-7-14(12)19-15/h2-5,10,16H,6-9H2,1H3,(H,17,18,19). The number of nitrogens with zero attached hydrogens (tertiary/aromatic N) is 2. The van der Waals surface area contributed by atoms with Gasteiger partial charge in [-0.15, -0.1) is 0 Å². The van der Waals surface area contributed by atoms with Crippen molar-refractivity contribution in [2.24, 2.45) is 0 Å². The van der Waals surface area contributed by atoms with Gasteiger partial charge < -0.3 is 10.6 Å². The van der Waals surface area contributed by atoms with Gasteiger partial charge in [-0.3, -0.25) is 0 Å². The SMILES string of the molecule is Cc1ccc(Nc2ncc3c(n2)CCNCC3)cc1. The van der Waals surface area contributed by atoms with Gasteiger partial charge in [-0.05, 0) is 37.6 Å². The molecule has 1 aromatic carbocycles. The average molecular weight is 254 g/mol. The second-order valence-electron chi connectivity index (χ2n) is 4.91. The number of hydrogen-bond donors (Lipinski definition) is 2. The first kappa shape index (κ1) is 12.1. The quantitative estimate of drug-likeness (QED) is 0.862. The van der Waals surface area contributed by atoms with Gasteiger partial charge in [0.2, 0.25) is 5.95 Å². The van der Waals surface area contributed by atoms with Crippen molar-refractivity contribution in [3.8, 4) is 0 Å². The molecule has 0 aliphatic carbocycles. The third-order valence-electron chi connectivity index (χ3n) is 3.37. The fourth-order valence-corrected chi connectivity index (χ4v) is 2.25. The lowest BCUT2D eigenvalue weighted by Crippen LogP contribution is -2.16. The summed E-state index contributed by atoms with van der Waals surface area (Å²) in [7, 11) is 0. The van der Waals surface area contributed by atoms with Gasteiger partial charge in [0.1, 0.15) is 0 Å². The van der Waals surface area contributed by atoms with Crippen LogP contribution in [0.1, 0.15) is 16.8 Å². The van der Waals surface area contributed by atoms with Crippen LogP contribution in [0.15, 0.2) is 30.5 Å². The minimum atomic E-state index is 0.685. The Bertz CT molecular complexity index is 563. The minimum absolute atomic E-state index is 0.685. The molecule has 1 aromatic heterocycles. The summed E-state index contributed by atoms with van der Waals surface area (Å²) in [5.74, 6) is 0.685. The van der Waals surface area contributed by atoms with E-state index in [1.165, 1.54) is 11.1 Å². The van der Waals surface area contributed by atoms with E-state index in [1.807, 2.05) is 18.3 Å². The highest BCUT2D eigenvalue weighted by Crippen LogP contribution is 2.16. The molecule has 98 valence electrons. The molecule has 19 heavy (non-hydrogen) atoms. The van der Waals surface area contributed by atoms with Crippen molar-refractivity contribution in [2.75, 3.05) is 18.4 Å². The number of fused-ring (bicyclic) bond motifs is 1. The van der Waals surface area contributed by atoms with Crippen molar-refractivity contribution in [3.63, 3.8) is 0 Å². The third kappa shape index (κ3) is 2.90. The zero-order valence-electron chi connectivity index (χ0n) is 11.1. The monoisotopic (exact) mass is 254 g/mol. The summed E-state index contributed by atoms with van der Waals surface area (Å²) in [5.41, 5.74) is 4.70. The van der Waals surface area contributed by atoms with Crippen LogP contribution >= 0.6 is 0 Å². The lowest BCUT2D eigenvalue weighted by molar-refractivity contribution is 0.708. The predicted octanol–water partition coefficient (Wildman–Crippen LogP) is 2.22.